The van der Waals surface area contributed by atoms with E-state index in [1.807, 2.05) is 12.1 Å². The summed E-state index contributed by atoms with van der Waals surface area (Å²) in [5.74, 6) is 0.642. The van der Waals surface area contributed by atoms with E-state index < -0.39 is 0 Å². The molecule has 0 amide bonds. The molecule has 0 saturated heterocycles. The molecular formula is C16H19ClN2S. The maximum absolute atomic E-state index is 6.30. The topological polar surface area (TPSA) is 38.9 Å². The molecule has 1 aliphatic carbocycles. The van der Waals surface area contributed by atoms with Crippen LogP contribution in [0.15, 0.2) is 24.3 Å². The first kappa shape index (κ1) is 14.1. The third-order valence-corrected chi connectivity index (χ3v) is 5.18. The van der Waals surface area contributed by atoms with Crippen LogP contribution in [0.3, 0.4) is 0 Å². The Labute approximate surface area is 129 Å². The van der Waals surface area contributed by atoms with Crippen LogP contribution in [-0.4, -0.2) is 4.98 Å². The van der Waals surface area contributed by atoms with Crippen molar-refractivity contribution < 1.29 is 0 Å². The van der Waals surface area contributed by atoms with Gasteiger partial charge >= 0.3 is 0 Å². The lowest BCUT2D eigenvalue weighted by Crippen LogP contribution is -2.28. The predicted octanol–water partition coefficient (Wildman–Crippen LogP) is 4.46. The molecule has 3 rings (SSSR count). The zero-order valence-electron chi connectivity index (χ0n) is 11.8. The Hall–Kier alpha value is -0.900. The summed E-state index contributed by atoms with van der Waals surface area (Å²) in [5.41, 5.74) is 8.49. The molecule has 1 aliphatic rings. The van der Waals surface area contributed by atoms with Gasteiger partial charge in [0.15, 0.2) is 0 Å². The minimum atomic E-state index is -0.298. The van der Waals surface area contributed by atoms with Crippen molar-refractivity contribution in [3.8, 4) is 0 Å². The standard InChI is InChI=1S/C16H19ClN2S/c1-16(2,18)15-14(11-5-6-11)19-13(20-15)9-10-3-7-12(17)8-4-10/h3-4,7-8,11H,5-6,9,18H2,1-2H3. The molecule has 0 bridgehead atoms. The van der Waals surface area contributed by atoms with Crippen molar-refractivity contribution in [1.29, 1.82) is 0 Å². The normalized spacial score (nSPS) is 15.6. The van der Waals surface area contributed by atoms with Gasteiger partial charge < -0.3 is 5.73 Å². The first-order valence-electron chi connectivity index (χ1n) is 6.97. The number of thiazole rings is 1. The largest absolute Gasteiger partial charge is 0.321 e. The van der Waals surface area contributed by atoms with Crippen molar-refractivity contribution in [2.24, 2.45) is 5.73 Å². The van der Waals surface area contributed by atoms with Gasteiger partial charge in [0.1, 0.15) is 0 Å². The summed E-state index contributed by atoms with van der Waals surface area (Å²) in [5, 5.41) is 1.93. The Morgan fingerprint density at radius 1 is 1.30 bits per heavy atom. The number of halogens is 1. The number of aromatic nitrogens is 1. The van der Waals surface area contributed by atoms with Gasteiger partial charge in [0, 0.05) is 27.8 Å². The van der Waals surface area contributed by atoms with Crippen LogP contribution in [0.5, 0.6) is 0 Å². The smallest absolute Gasteiger partial charge is 0.0975 e. The second-order valence-corrected chi connectivity index (χ2v) is 7.64. The first-order valence-corrected chi connectivity index (χ1v) is 8.16. The summed E-state index contributed by atoms with van der Waals surface area (Å²) >= 11 is 7.69. The summed E-state index contributed by atoms with van der Waals surface area (Å²) in [6.07, 6.45) is 3.37. The van der Waals surface area contributed by atoms with Gasteiger partial charge in [-0.1, -0.05) is 23.7 Å². The Kier molecular flexibility index (Phi) is 3.61. The Morgan fingerprint density at radius 2 is 1.95 bits per heavy atom. The molecule has 2 nitrogen and oxygen atoms in total. The quantitative estimate of drug-likeness (QED) is 0.906. The fourth-order valence-electron chi connectivity index (χ4n) is 2.33. The van der Waals surface area contributed by atoms with E-state index in [-0.39, 0.29) is 5.54 Å². The zero-order chi connectivity index (χ0) is 14.3. The van der Waals surface area contributed by atoms with E-state index in [2.05, 4.69) is 26.0 Å². The molecule has 0 atom stereocenters. The first-order chi connectivity index (χ1) is 9.43. The molecule has 2 aromatic rings. The molecule has 0 radical (unpaired) electrons. The number of benzene rings is 1. The lowest BCUT2D eigenvalue weighted by atomic mass is 10.0. The zero-order valence-corrected chi connectivity index (χ0v) is 13.4. The van der Waals surface area contributed by atoms with Crippen LogP contribution in [0.2, 0.25) is 5.02 Å². The number of rotatable bonds is 4. The minimum Gasteiger partial charge on any atom is -0.321 e. The minimum absolute atomic E-state index is 0.298. The molecule has 1 aromatic carbocycles. The second kappa shape index (κ2) is 5.14. The van der Waals surface area contributed by atoms with Crippen molar-refractivity contribution >= 4 is 22.9 Å². The Morgan fingerprint density at radius 3 is 2.50 bits per heavy atom. The van der Waals surface area contributed by atoms with Gasteiger partial charge in [-0.3, -0.25) is 0 Å². The Bertz CT molecular complexity index is 606. The summed E-state index contributed by atoms with van der Waals surface area (Å²) in [4.78, 5) is 6.12. The average molecular weight is 307 g/mol. The maximum Gasteiger partial charge on any atom is 0.0975 e. The van der Waals surface area contributed by atoms with Crippen LogP contribution in [0.25, 0.3) is 0 Å². The Balaban J connectivity index is 1.88. The van der Waals surface area contributed by atoms with Crippen LogP contribution in [0, 0.1) is 0 Å². The molecule has 106 valence electrons. The molecule has 0 aliphatic heterocycles. The van der Waals surface area contributed by atoms with E-state index in [0.717, 1.165) is 16.5 Å². The lowest BCUT2D eigenvalue weighted by Gasteiger charge is -2.17. The molecular weight excluding hydrogens is 288 g/mol. The van der Waals surface area contributed by atoms with Gasteiger partial charge in [0.25, 0.3) is 0 Å². The van der Waals surface area contributed by atoms with E-state index in [9.17, 15) is 0 Å². The highest BCUT2D eigenvalue weighted by Crippen LogP contribution is 2.45. The maximum atomic E-state index is 6.30. The summed E-state index contributed by atoms with van der Waals surface area (Å²) in [6.45, 7) is 4.14. The van der Waals surface area contributed by atoms with Crippen molar-refractivity contribution in [2.45, 2.75) is 44.6 Å². The molecule has 2 N–H and O–H groups in total. The number of hydrogen-bond acceptors (Lipinski definition) is 3. The monoisotopic (exact) mass is 306 g/mol. The highest BCUT2D eigenvalue weighted by atomic mass is 35.5. The number of hydrogen-bond donors (Lipinski definition) is 1. The van der Waals surface area contributed by atoms with Gasteiger partial charge in [0.2, 0.25) is 0 Å². The van der Waals surface area contributed by atoms with Gasteiger partial charge in [-0.2, -0.15) is 0 Å². The fraction of sp³-hybridized carbons (Fsp3) is 0.438. The highest BCUT2D eigenvalue weighted by molar-refractivity contribution is 7.12. The van der Waals surface area contributed by atoms with E-state index in [0.29, 0.717) is 5.92 Å². The van der Waals surface area contributed by atoms with Crippen LogP contribution < -0.4 is 5.73 Å². The van der Waals surface area contributed by atoms with Crippen molar-refractivity contribution in [1.82, 2.24) is 4.98 Å². The van der Waals surface area contributed by atoms with Gasteiger partial charge in [0.05, 0.1) is 10.7 Å². The molecule has 1 saturated carbocycles. The number of nitrogens with zero attached hydrogens (tertiary/aromatic N) is 1. The third kappa shape index (κ3) is 3.05. The van der Waals surface area contributed by atoms with E-state index in [4.69, 9.17) is 22.3 Å². The molecule has 20 heavy (non-hydrogen) atoms. The fourth-order valence-corrected chi connectivity index (χ4v) is 3.65. The third-order valence-electron chi connectivity index (χ3n) is 3.52. The predicted molar refractivity (Wildman–Crippen MR) is 85.6 cm³/mol. The van der Waals surface area contributed by atoms with Crippen LogP contribution in [-0.2, 0) is 12.0 Å². The average Bonchev–Trinajstić information content (AvgIpc) is 3.12. The van der Waals surface area contributed by atoms with Crippen LogP contribution >= 0.6 is 22.9 Å². The SMILES string of the molecule is CC(C)(N)c1sc(Cc2ccc(Cl)cc2)nc1C1CC1. The van der Waals surface area contributed by atoms with Gasteiger partial charge in [-0.05, 0) is 44.4 Å². The lowest BCUT2D eigenvalue weighted by molar-refractivity contribution is 0.558. The van der Waals surface area contributed by atoms with Crippen LogP contribution in [0.4, 0.5) is 0 Å². The summed E-state index contributed by atoms with van der Waals surface area (Å²) in [6, 6.07) is 7.99. The molecule has 0 spiro atoms. The molecule has 1 aromatic heterocycles. The van der Waals surface area contributed by atoms with E-state index in [1.54, 1.807) is 11.3 Å². The van der Waals surface area contributed by atoms with Crippen molar-refractivity contribution in [2.75, 3.05) is 0 Å². The molecule has 4 heteroatoms. The summed E-state index contributed by atoms with van der Waals surface area (Å²) < 4.78 is 0. The highest BCUT2D eigenvalue weighted by Gasteiger charge is 2.33. The van der Waals surface area contributed by atoms with Gasteiger partial charge in [-0.15, -0.1) is 11.3 Å². The van der Waals surface area contributed by atoms with Crippen molar-refractivity contribution in [3.05, 3.63) is 50.4 Å². The van der Waals surface area contributed by atoms with E-state index >= 15 is 0 Å². The van der Waals surface area contributed by atoms with Gasteiger partial charge in [-0.25, -0.2) is 4.98 Å². The van der Waals surface area contributed by atoms with E-state index in [1.165, 1.54) is 29.0 Å². The summed E-state index contributed by atoms with van der Waals surface area (Å²) in [7, 11) is 0. The second-order valence-electron chi connectivity index (χ2n) is 6.12. The van der Waals surface area contributed by atoms with Crippen molar-refractivity contribution in [3.63, 3.8) is 0 Å². The molecule has 1 heterocycles. The molecule has 1 fully saturated rings. The number of nitrogens with two attached hydrogens (primary N) is 1. The molecule has 0 unspecified atom stereocenters. The van der Waals surface area contributed by atoms with Crippen LogP contribution in [0.1, 0.15) is 53.7 Å².